The number of aryl methyl sites for hydroxylation is 2. The van der Waals surface area contributed by atoms with E-state index in [0.717, 1.165) is 43.8 Å². The normalized spacial score (nSPS) is 11.0. The minimum atomic E-state index is -0.771. The summed E-state index contributed by atoms with van der Waals surface area (Å²) < 4.78 is 11.8. The van der Waals surface area contributed by atoms with Gasteiger partial charge in [0, 0.05) is 11.3 Å². The van der Waals surface area contributed by atoms with E-state index in [9.17, 15) is 9.59 Å². The lowest BCUT2D eigenvalue weighted by Gasteiger charge is -2.16. The number of benzene rings is 2. The lowest BCUT2D eigenvalue weighted by Crippen LogP contribution is -2.17. The summed E-state index contributed by atoms with van der Waals surface area (Å²) in [5, 5.41) is 0. The third-order valence-corrected chi connectivity index (χ3v) is 5.41. The largest absolute Gasteiger partial charge is 0.489 e. The second-order valence-electron chi connectivity index (χ2n) is 7.69. The quantitative estimate of drug-likeness (QED) is 0.483. The number of rotatable bonds is 6. The van der Waals surface area contributed by atoms with Gasteiger partial charge >= 0.3 is 11.4 Å². The first kappa shape index (κ1) is 21.2. The van der Waals surface area contributed by atoms with E-state index in [1.54, 1.807) is 0 Å². The van der Waals surface area contributed by atoms with Crippen LogP contribution in [0.25, 0.3) is 11.1 Å². The van der Waals surface area contributed by atoms with Gasteiger partial charge in [0.15, 0.2) is 0 Å². The molecule has 0 amide bonds. The van der Waals surface area contributed by atoms with Crippen molar-refractivity contribution >= 4 is 5.82 Å². The third-order valence-electron chi connectivity index (χ3n) is 5.41. The van der Waals surface area contributed by atoms with Gasteiger partial charge in [-0.1, -0.05) is 30.3 Å². The molecule has 0 radical (unpaired) electrons. The summed E-state index contributed by atoms with van der Waals surface area (Å²) in [6.45, 7) is 6.65. The van der Waals surface area contributed by atoms with Crippen LogP contribution in [0.5, 0.6) is 5.75 Å². The molecule has 4 rings (SSSR count). The summed E-state index contributed by atoms with van der Waals surface area (Å²) in [6, 6.07) is 15.3. The van der Waals surface area contributed by atoms with Gasteiger partial charge in [0.25, 0.3) is 0 Å². The number of hydrogen-bond acceptors (Lipinski definition) is 6. The Labute approximate surface area is 184 Å². The molecule has 8 heteroatoms. The second kappa shape index (κ2) is 8.58. The fraction of sp³-hybridized carbons (Fsp3) is 0.208. The zero-order chi connectivity index (χ0) is 22.8. The highest BCUT2D eigenvalue weighted by atomic mass is 16.5. The van der Waals surface area contributed by atoms with Crippen molar-refractivity contribution in [3.63, 3.8) is 0 Å². The minimum Gasteiger partial charge on any atom is -0.489 e. The summed E-state index contributed by atoms with van der Waals surface area (Å²) in [4.78, 5) is 29.1. The topological polar surface area (TPSA) is 116 Å². The first-order valence-corrected chi connectivity index (χ1v) is 10.2. The molecule has 32 heavy (non-hydrogen) atoms. The summed E-state index contributed by atoms with van der Waals surface area (Å²) in [6.07, 6.45) is 0. The average molecular weight is 432 g/mol. The van der Waals surface area contributed by atoms with Crippen molar-refractivity contribution in [2.24, 2.45) is 0 Å². The lowest BCUT2D eigenvalue weighted by atomic mass is 9.93. The van der Waals surface area contributed by atoms with Crippen molar-refractivity contribution in [1.82, 2.24) is 14.7 Å². The van der Waals surface area contributed by atoms with Gasteiger partial charge in [-0.15, -0.1) is 4.74 Å². The van der Waals surface area contributed by atoms with Crippen LogP contribution in [0.4, 0.5) is 5.82 Å². The molecular weight excluding hydrogens is 408 g/mol. The van der Waals surface area contributed by atoms with Crippen LogP contribution in [-0.4, -0.2) is 14.7 Å². The lowest BCUT2D eigenvalue weighted by molar-refractivity contribution is 0.258. The Kier molecular flexibility index (Phi) is 5.68. The van der Waals surface area contributed by atoms with Gasteiger partial charge in [0.1, 0.15) is 18.2 Å². The third kappa shape index (κ3) is 4.34. The van der Waals surface area contributed by atoms with Crippen molar-refractivity contribution in [3.8, 4) is 16.9 Å². The van der Waals surface area contributed by atoms with E-state index in [-0.39, 0.29) is 6.54 Å². The SMILES string of the molecule is Cc1cc(N)nc(C)c1-c1cccc(COc2ccc(Cn3oc(=O)[nH]c3=O)cc2)c1C. The molecule has 2 heterocycles. The van der Waals surface area contributed by atoms with Gasteiger partial charge in [0.2, 0.25) is 0 Å². The minimum absolute atomic E-state index is 0.160. The number of nitrogen functional groups attached to an aromatic ring is 1. The number of pyridine rings is 1. The summed E-state index contributed by atoms with van der Waals surface area (Å²) >= 11 is 0. The Morgan fingerprint density at radius 2 is 1.84 bits per heavy atom. The predicted molar refractivity (Wildman–Crippen MR) is 122 cm³/mol. The number of aromatic amines is 1. The zero-order valence-corrected chi connectivity index (χ0v) is 18.1. The maximum atomic E-state index is 11.6. The molecule has 8 nitrogen and oxygen atoms in total. The number of nitrogens with zero attached hydrogens (tertiary/aromatic N) is 2. The highest BCUT2D eigenvalue weighted by Crippen LogP contribution is 2.32. The fourth-order valence-electron chi connectivity index (χ4n) is 3.82. The Hall–Kier alpha value is -4.07. The highest BCUT2D eigenvalue weighted by Gasteiger charge is 2.13. The van der Waals surface area contributed by atoms with Crippen LogP contribution in [-0.2, 0) is 13.2 Å². The van der Waals surface area contributed by atoms with Gasteiger partial charge in [-0.3, -0.25) is 0 Å². The molecule has 164 valence electrons. The number of hydrogen-bond donors (Lipinski definition) is 2. The number of H-pyrrole nitrogens is 1. The van der Waals surface area contributed by atoms with Crippen molar-refractivity contribution in [2.75, 3.05) is 5.73 Å². The predicted octanol–water partition coefficient (Wildman–Crippen LogP) is 3.33. The first-order chi connectivity index (χ1) is 15.3. The van der Waals surface area contributed by atoms with Crippen molar-refractivity contribution in [2.45, 2.75) is 33.9 Å². The average Bonchev–Trinajstić information content (AvgIpc) is 3.05. The molecule has 0 unspecified atom stereocenters. The van der Waals surface area contributed by atoms with Crippen LogP contribution < -0.4 is 21.9 Å². The molecule has 0 spiro atoms. The molecule has 0 aliphatic rings. The molecular formula is C24H24N4O4. The molecule has 3 N–H and O–H groups in total. The summed E-state index contributed by atoms with van der Waals surface area (Å²) in [5.41, 5.74) is 12.5. The van der Waals surface area contributed by atoms with Gasteiger partial charge in [-0.05, 0) is 66.8 Å². The number of aromatic nitrogens is 3. The Bertz CT molecular complexity index is 1360. The van der Waals surface area contributed by atoms with Crippen LogP contribution in [0.1, 0.15) is 27.9 Å². The highest BCUT2D eigenvalue weighted by molar-refractivity contribution is 5.74. The monoisotopic (exact) mass is 432 g/mol. The standard InChI is InChI=1S/C24H24N4O4/c1-14-11-21(25)26-16(3)22(14)20-6-4-5-18(15(20)2)13-31-19-9-7-17(8-10-19)12-28-23(29)27-24(30)32-28/h4-11H,12-13H2,1-3H3,(H2,25,26)(H,27,29,30). The zero-order valence-electron chi connectivity index (χ0n) is 18.1. The van der Waals surface area contributed by atoms with Gasteiger partial charge in [-0.2, -0.15) is 0 Å². The number of nitrogens with two attached hydrogens (primary N) is 1. The summed E-state index contributed by atoms with van der Waals surface area (Å²) in [7, 11) is 0. The van der Waals surface area contributed by atoms with Crippen molar-refractivity contribution in [3.05, 3.63) is 97.5 Å². The number of anilines is 1. The van der Waals surface area contributed by atoms with Gasteiger partial charge < -0.3 is 15.0 Å². The van der Waals surface area contributed by atoms with Gasteiger partial charge in [-0.25, -0.2) is 19.6 Å². The van der Waals surface area contributed by atoms with E-state index in [1.807, 2.05) is 56.3 Å². The maximum absolute atomic E-state index is 11.6. The molecule has 4 aromatic rings. The first-order valence-electron chi connectivity index (χ1n) is 10.2. The molecule has 2 aromatic carbocycles. The fourth-order valence-corrected chi connectivity index (χ4v) is 3.82. The van der Waals surface area contributed by atoms with Crippen LogP contribution >= 0.6 is 0 Å². The van der Waals surface area contributed by atoms with Crippen molar-refractivity contribution in [1.29, 1.82) is 0 Å². The van der Waals surface area contributed by atoms with E-state index < -0.39 is 11.4 Å². The van der Waals surface area contributed by atoms with E-state index in [2.05, 4.69) is 23.0 Å². The number of nitrogens with one attached hydrogen (secondary N) is 1. The van der Waals surface area contributed by atoms with Crippen LogP contribution in [0.3, 0.4) is 0 Å². The molecule has 2 aromatic heterocycles. The summed E-state index contributed by atoms with van der Waals surface area (Å²) in [5.74, 6) is 0.448. The van der Waals surface area contributed by atoms with E-state index in [4.69, 9.17) is 15.0 Å². The molecule has 0 aliphatic heterocycles. The molecule has 0 bridgehead atoms. The molecule has 0 aliphatic carbocycles. The Balaban J connectivity index is 1.50. The smallest absolute Gasteiger partial charge is 0.440 e. The Morgan fingerprint density at radius 3 is 2.50 bits per heavy atom. The van der Waals surface area contributed by atoms with Crippen LogP contribution in [0.15, 0.2) is 62.6 Å². The molecule has 0 saturated carbocycles. The van der Waals surface area contributed by atoms with E-state index in [1.165, 1.54) is 0 Å². The van der Waals surface area contributed by atoms with Crippen LogP contribution in [0, 0.1) is 20.8 Å². The van der Waals surface area contributed by atoms with E-state index in [0.29, 0.717) is 18.2 Å². The molecule has 0 saturated heterocycles. The Morgan fingerprint density at radius 1 is 1.09 bits per heavy atom. The molecule has 0 fully saturated rings. The van der Waals surface area contributed by atoms with Gasteiger partial charge in [0.05, 0.1) is 6.54 Å². The maximum Gasteiger partial charge on any atom is 0.440 e. The van der Waals surface area contributed by atoms with E-state index >= 15 is 0 Å². The molecule has 0 atom stereocenters. The van der Waals surface area contributed by atoms with Crippen molar-refractivity contribution < 1.29 is 9.26 Å². The second-order valence-corrected chi connectivity index (χ2v) is 7.69. The van der Waals surface area contributed by atoms with Crippen LogP contribution in [0.2, 0.25) is 0 Å². The number of ether oxygens (including phenoxy) is 1.